The largest absolute Gasteiger partial charge is 0.479 e. The summed E-state index contributed by atoms with van der Waals surface area (Å²) in [6, 6.07) is 0. The first-order valence-corrected chi connectivity index (χ1v) is 4.73. The molecule has 0 amide bonds. The highest BCUT2D eigenvalue weighted by Gasteiger charge is 2.26. The highest BCUT2D eigenvalue weighted by Crippen LogP contribution is 2.02. The zero-order valence-electron chi connectivity index (χ0n) is 9.58. The first kappa shape index (κ1) is 15.3. The molecule has 0 saturated heterocycles. The van der Waals surface area contributed by atoms with Gasteiger partial charge in [-0.15, -0.1) is 0 Å². The first-order chi connectivity index (χ1) is 7.79. The molecule has 0 bridgehead atoms. The molecule has 0 rings (SSSR count). The Balaban J connectivity index is 4.23. The maximum absolute atomic E-state index is 11.2. The summed E-state index contributed by atoms with van der Waals surface area (Å²) in [5.74, 6) is -3.29. The second-order valence-electron chi connectivity index (χ2n) is 3.24. The predicted octanol–water partition coefficient (Wildman–Crippen LogP) is -0.187. The fourth-order valence-electron chi connectivity index (χ4n) is 0.682. The van der Waals surface area contributed by atoms with Gasteiger partial charge in [0.05, 0.1) is 0 Å². The number of rotatable bonds is 6. The number of hydrogen-bond donors (Lipinski definition) is 2. The maximum Gasteiger partial charge on any atom is 0.347 e. The van der Waals surface area contributed by atoms with Crippen LogP contribution in [0.5, 0.6) is 0 Å². The van der Waals surface area contributed by atoms with Crippen molar-refractivity contribution in [1.29, 1.82) is 0 Å². The lowest BCUT2D eigenvalue weighted by atomic mass is 10.3. The molecule has 0 aliphatic carbocycles. The molecular formula is C9H14O8. The quantitative estimate of drug-likeness (QED) is 0.378. The van der Waals surface area contributed by atoms with E-state index in [9.17, 15) is 14.4 Å². The average molecular weight is 250 g/mol. The van der Waals surface area contributed by atoms with E-state index in [1.807, 2.05) is 0 Å². The summed E-state index contributed by atoms with van der Waals surface area (Å²) in [6.07, 6.45) is -3.88. The van der Waals surface area contributed by atoms with E-state index >= 15 is 0 Å². The molecule has 0 radical (unpaired) electrons. The average Bonchev–Trinajstić information content (AvgIpc) is 2.27. The molecule has 3 unspecified atom stereocenters. The Kier molecular flexibility index (Phi) is 6.15. The summed E-state index contributed by atoms with van der Waals surface area (Å²) >= 11 is 0. The molecule has 8 heteroatoms. The molecule has 98 valence electrons. The van der Waals surface area contributed by atoms with E-state index in [1.54, 1.807) is 0 Å². The van der Waals surface area contributed by atoms with Crippen LogP contribution in [-0.4, -0.2) is 46.6 Å². The van der Waals surface area contributed by atoms with E-state index in [0.717, 1.165) is 6.92 Å². The van der Waals surface area contributed by atoms with Crippen LogP contribution in [0.25, 0.3) is 0 Å². The van der Waals surface area contributed by atoms with Gasteiger partial charge in [-0.3, -0.25) is 5.26 Å². The summed E-state index contributed by atoms with van der Waals surface area (Å²) in [6.45, 7) is 3.58. The number of aliphatic carboxylic acids is 1. The van der Waals surface area contributed by atoms with Crippen LogP contribution in [0.1, 0.15) is 20.8 Å². The summed E-state index contributed by atoms with van der Waals surface area (Å²) in [7, 11) is 0. The van der Waals surface area contributed by atoms with Gasteiger partial charge in [0.15, 0.2) is 18.3 Å². The Labute approximate surface area is 97.0 Å². The van der Waals surface area contributed by atoms with Crippen LogP contribution in [0.2, 0.25) is 0 Å². The third kappa shape index (κ3) is 5.27. The van der Waals surface area contributed by atoms with Gasteiger partial charge in [-0.05, 0) is 20.8 Å². The number of esters is 2. The molecule has 8 nitrogen and oxygen atoms in total. The minimum Gasteiger partial charge on any atom is -0.479 e. The molecule has 0 aliphatic heterocycles. The number of carbonyl (C=O) groups is 3. The van der Waals surface area contributed by atoms with Gasteiger partial charge < -0.3 is 14.6 Å². The molecule has 0 heterocycles. The summed E-state index contributed by atoms with van der Waals surface area (Å²) in [5, 5.41) is 16.7. The van der Waals surface area contributed by atoms with Crippen LogP contribution >= 0.6 is 0 Å². The van der Waals surface area contributed by atoms with Gasteiger partial charge in [-0.25, -0.2) is 19.3 Å². The summed E-state index contributed by atoms with van der Waals surface area (Å²) in [4.78, 5) is 36.4. The van der Waals surface area contributed by atoms with Crippen molar-refractivity contribution in [2.45, 2.75) is 39.1 Å². The molecular weight excluding hydrogens is 236 g/mol. The van der Waals surface area contributed by atoms with Crippen LogP contribution in [0.3, 0.4) is 0 Å². The van der Waals surface area contributed by atoms with Crippen LogP contribution < -0.4 is 0 Å². The number of ether oxygens (including phenoxy) is 2. The summed E-state index contributed by atoms with van der Waals surface area (Å²) in [5.41, 5.74) is 0. The van der Waals surface area contributed by atoms with Gasteiger partial charge in [0, 0.05) is 0 Å². The van der Waals surface area contributed by atoms with Gasteiger partial charge in [0.2, 0.25) is 0 Å². The Morgan fingerprint density at radius 3 is 1.71 bits per heavy atom. The molecule has 0 spiro atoms. The van der Waals surface area contributed by atoms with Crippen molar-refractivity contribution >= 4 is 17.9 Å². The zero-order valence-corrected chi connectivity index (χ0v) is 9.58. The van der Waals surface area contributed by atoms with Crippen molar-refractivity contribution in [1.82, 2.24) is 0 Å². The van der Waals surface area contributed by atoms with Crippen molar-refractivity contribution in [3.05, 3.63) is 0 Å². The van der Waals surface area contributed by atoms with E-state index in [1.165, 1.54) is 13.8 Å². The van der Waals surface area contributed by atoms with Crippen molar-refractivity contribution < 1.29 is 39.1 Å². The number of hydrogen-bond acceptors (Lipinski definition) is 7. The normalized spacial score (nSPS) is 15.5. The van der Waals surface area contributed by atoms with Crippen molar-refractivity contribution in [3.8, 4) is 0 Å². The number of carbonyl (C=O) groups excluding carboxylic acids is 2. The fourth-order valence-corrected chi connectivity index (χ4v) is 0.682. The lowest BCUT2D eigenvalue weighted by molar-refractivity contribution is -0.274. The standard InChI is InChI=1S/C9H14O8/c1-4(7(10)11)15-8(12)5(2)16-9(13)6(3)17-14/h4-6,14H,1-3H3,(H,10,11). The minimum atomic E-state index is -1.34. The van der Waals surface area contributed by atoms with Crippen LogP contribution in [0, 0.1) is 0 Å². The van der Waals surface area contributed by atoms with E-state index in [4.69, 9.17) is 10.4 Å². The zero-order chi connectivity index (χ0) is 13.6. The molecule has 0 fully saturated rings. The highest BCUT2D eigenvalue weighted by atomic mass is 17.1. The maximum atomic E-state index is 11.2. The molecule has 0 aromatic rings. The number of carboxylic acid groups (broad SMARTS) is 1. The minimum absolute atomic E-state index is 0.972. The van der Waals surface area contributed by atoms with Gasteiger partial charge in [0.25, 0.3) is 0 Å². The number of carboxylic acids is 1. The fraction of sp³-hybridized carbons (Fsp3) is 0.667. The molecule has 2 N–H and O–H groups in total. The van der Waals surface area contributed by atoms with Gasteiger partial charge in [-0.2, -0.15) is 0 Å². The topological polar surface area (TPSA) is 119 Å². The monoisotopic (exact) mass is 250 g/mol. The second kappa shape index (κ2) is 6.81. The highest BCUT2D eigenvalue weighted by molar-refractivity contribution is 5.83. The van der Waals surface area contributed by atoms with Crippen molar-refractivity contribution in [2.75, 3.05) is 0 Å². The lowest BCUT2D eigenvalue weighted by Crippen LogP contribution is -2.34. The van der Waals surface area contributed by atoms with E-state index in [0.29, 0.717) is 0 Å². The molecule has 3 atom stereocenters. The Morgan fingerprint density at radius 2 is 1.29 bits per heavy atom. The smallest absolute Gasteiger partial charge is 0.347 e. The van der Waals surface area contributed by atoms with Gasteiger partial charge in [-0.1, -0.05) is 0 Å². The van der Waals surface area contributed by atoms with Crippen LogP contribution in [-0.2, 0) is 28.7 Å². The summed E-state index contributed by atoms with van der Waals surface area (Å²) < 4.78 is 9.02. The second-order valence-corrected chi connectivity index (χ2v) is 3.24. The molecule has 0 saturated carbocycles. The van der Waals surface area contributed by atoms with Gasteiger partial charge >= 0.3 is 17.9 Å². The predicted molar refractivity (Wildman–Crippen MR) is 51.9 cm³/mol. The van der Waals surface area contributed by atoms with Crippen molar-refractivity contribution in [3.63, 3.8) is 0 Å². The van der Waals surface area contributed by atoms with Crippen LogP contribution in [0.15, 0.2) is 0 Å². The Morgan fingerprint density at radius 1 is 0.882 bits per heavy atom. The van der Waals surface area contributed by atoms with E-state index in [2.05, 4.69) is 14.4 Å². The lowest BCUT2D eigenvalue weighted by Gasteiger charge is -2.15. The van der Waals surface area contributed by atoms with Crippen LogP contribution in [0.4, 0.5) is 0 Å². The van der Waals surface area contributed by atoms with Crippen molar-refractivity contribution in [2.24, 2.45) is 0 Å². The van der Waals surface area contributed by atoms with E-state index < -0.39 is 36.2 Å². The molecule has 17 heavy (non-hydrogen) atoms. The molecule has 0 aromatic heterocycles. The Bertz CT molecular complexity index is 299. The van der Waals surface area contributed by atoms with E-state index in [-0.39, 0.29) is 0 Å². The SMILES string of the molecule is CC(OC(=O)C(C)OC(=O)C(C)OO)C(=O)O. The Hall–Kier alpha value is -1.67. The molecule has 0 aliphatic rings. The first-order valence-electron chi connectivity index (χ1n) is 4.73. The molecule has 0 aromatic carbocycles. The third-order valence-corrected chi connectivity index (χ3v) is 1.76. The third-order valence-electron chi connectivity index (χ3n) is 1.76. The van der Waals surface area contributed by atoms with Gasteiger partial charge in [0.1, 0.15) is 0 Å².